The van der Waals surface area contributed by atoms with Crippen LogP contribution in [-0.2, 0) is 11.6 Å². The van der Waals surface area contributed by atoms with Gasteiger partial charge in [0.15, 0.2) is 0 Å². The second kappa shape index (κ2) is 4.87. The third-order valence-corrected chi connectivity index (χ3v) is 3.33. The first-order valence-electron chi connectivity index (χ1n) is 6.10. The smallest absolute Gasteiger partial charge is 0.338 e. The van der Waals surface area contributed by atoms with Gasteiger partial charge >= 0.3 is 6.18 Å². The van der Waals surface area contributed by atoms with Crippen molar-refractivity contribution in [3.8, 4) is 0 Å². The lowest BCUT2D eigenvalue weighted by molar-refractivity contribution is -0.146. The molecule has 1 aromatic heterocycles. The summed E-state index contributed by atoms with van der Waals surface area (Å²) in [7, 11) is 0. The van der Waals surface area contributed by atoms with Gasteiger partial charge in [0.2, 0.25) is 5.89 Å². The van der Waals surface area contributed by atoms with Gasteiger partial charge in [-0.25, -0.2) is 0 Å². The van der Waals surface area contributed by atoms with E-state index in [1.165, 1.54) is 0 Å². The number of hydrogen-bond donors (Lipinski definition) is 1. The van der Waals surface area contributed by atoms with Crippen molar-refractivity contribution < 1.29 is 17.7 Å². The number of aromatic nitrogens is 2. The monoisotopic (exact) mass is 263 g/mol. The second-order valence-electron chi connectivity index (χ2n) is 4.73. The van der Waals surface area contributed by atoms with E-state index in [2.05, 4.69) is 15.5 Å². The summed E-state index contributed by atoms with van der Waals surface area (Å²) in [6, 6.07) is 0. The summed E-state index contributed by atoms with van der Waals surface area (Å²) < 4.78 is 42.3. The van der Waals surface area contributed by atoms with Crippen LogP contribution in [0.2, 0.25) is 0 Å². The molecule has 0 bridgehead atoms. The second-order valence-corrected chi connectivity index (χ2v) is 4.73. The summed E-state index contributed by atoms with van der Waals surface area (Å²) in [6.07, 6.45) is -1.24. The molecule has 0 radical (unpaired) electrons. The lowest BCUT2D eigenvalue weighted by Gasteiger charge is -2.34. The third-order valence-electron chi connectivity index (χ3n) is 3.33. The summed E-state index contributed by atoms with van der Waals surface area (Å²) in [5.41, 5.74) is -0.441. The number of hydrogen-bond acceptors (Lipinski definition) is 4. The van der Waals surface area contributed by atoms with Crippen LogP contribution in [0.3, 0.4) is 0 Å². The highest BCUT2D eigenvalue weighted by Crippen LogP contribution is 2.36. The molecule has 0 amide bonds. The van der Waals surface area contributed by atoms with Gasteiger partial charge in [0.05, 0.1) is 5.41 Å². The van der Waals surface area contributed by atoms with Crippen molar-refractivity contribution in [2.24, 2.45) is 0 Å². The Kier molecular flexibility index (Phi) is 3.61. The number of piperidine rings is 1. The minimum absolute atomic E-state index is 0.115. The molecule has 0 aliphatic carbocycles. The average molecular weight is 263 g/mol. The van der Waals surface area contributed by atoms with Gasteiger partial charge in [0.1, 0.15) is 0 Å². The molecular weight excluding hydrogens is 247 g/mol. The normalized spacial score (nSPS) is 25.3. The molecule has 0 saturated carbocycles. The molecule has 1 saturated heterocycles. The van der Waals surface area contributed by atoms with E-state index < -0.39 is 17.4 Å². The van der Waals surface area contributed by atoms with Crippen molar-refractivity contribution in [2.75, 3.05) is 13.1 Å². The van der Waals surface area contributed by atoms with E-state index in [1.54, 1.807) is 0 Å². The highest BCUT2D eigenvalue weighted by Gasteiger charge is 2.43. The van der Waals surface area contributed by atoms with E-state index in [-0.39, 0.29) is 5.89 Å². The zero-order valence-electron chi connectivity index (χ0n) is 10.2. The SMILES string of the molecule is CCCC1(c2nc(C(F)(F)F)no2)CCCNC1. The molecule has 18 heavy (non-hydrogen) atoms. The molecule has 2 rings (SSSR count). The fraction of sp³-hybridized carbons (Fsp3) is 0.818. The molecule has 1 aliphatic heterocycles. The van der Waals surface area contributed by atoms with E-state index in [4.69, 9.17) is 4.52 Å². The molecule has 1 fully saturated rings. The summed E-state index contributed by atoms with van der Waals surface area (Å²) >= 11 is 0. The molecule has 1 unspecified atom stereocenters. The van der Waals surface area contributed by atoms with Gasteiger partial charge in [-0.1, -0.05) is 18.5 Å². The van der Waals surface area contributed by atoms with Gasteiger partial charge in [0, 0.05) is 6.54 Å². The lowest BCUT2D eigenvalue weighted by Crippen LogP contribution is -2.43. The van der Waals surface area contributed by atoms with Gasteiger partial charge in [-0.3, -0.25) is 0 Å². The predicted molar refractivity (Wildman–Crippen MR) is 58.0 cm³/mol. The highest BCUT2D eigenvalue weighted by atomic mass is 19.4. The van der Waals surface area contributed by atoms with Gasteiger partial charge in [-0.2, -0.15) is 18.2 Å². The minimum atomic E-state index is -4.54. The van der Waals surface area contributed by atoms with Gasteiger partial charge < -0.3 is 9.84 Å². The Balaban J connectivity index is 2.28. The Morgan fingerprint density at radius 3 is 2.72 bits per heavy atom. The lowest BCUT2D eigenvalue weighted by atomic mass is 9.77. The highest BCUT2D eigenvalue weighted by molar-refractivity contribution is 5.09. The zero-order valence-corrected chi connectivity index (χ0v) is 10.2. The number of nitrogens with zero attached hydrogens (tertiary/aromatic N) is 2. The van der Waals surface area contributed by atoms with E-state index in [1.807, 2.05) is 6.92 Å². The average Bonchev–Trinajstić information content (AvgIpc) is 2.80. The van der Waals surface area contributed by atoms with Crippen LogP contribution in [0.1, 0.15) is 44.3 Å². The molecule has 4 nitrogen and oxygen atoms in total. The van der Waals surface area contributed by atoms with E-state index in [0.717, 1.165) is 32.2 Å². The van der Waals surface area contributed by atoms with Crippen LogP contribution in [-0.4, -0.2) is 23.2 Å². The van der Waals surface area contributed by atoms with Crippen LogP contribution in [0, 0.1) is 0 Å². The van der Waals surface area contributed by atoms with E-state index in [0.29, 0.717) is 6.54 Å². The summed E-state index contributed by atoms with van der Waals surface area (Å²) in [6.45, 7) is 3.48. The first-order valence-corrected chi connectivity index (χ1v) is 6.10. The maximum absolute atomic E-state index is 12.5. The number of rotatable bonds is 3. The van der Waals surface area contributed by atoms with Crippen LogP contribution in [0.25, 0.3) is 0 Å². The largest absolute Gasteiger partial charge is 0.455 e. The summed E-state index contributed by atoms with van der Waals surface area (Å²) in [5.74, 6) is -1.07. The number of halogens is 3. The van der Waals surface area contributed by atoms with Crippen LogP contribution >= 0.6 is 0 Å². The van der Waals surface area contributed by atoms with E-state index >= 15 is 0 Å². The van der Waals surface area contributed by atoms with Crippen molar-refractivity contribution in [3.05, 3.63) is 11.7 Å². The minimum Gasteiger partial charge on any atom is -0.338 e. The van der Waals surface area contributed by atoms with Crippen molar-refractivity contribution in [1.29, 1.82) is 0 Å². The van der Waals surface area contributed by atoms with Gasteiger partial charge in [-0.15, -0.1) is 0 Å². The van der Waals surface area contributed by atoms with Crippen LogP contribution in [0.5, 0.6) is 0 Å². The first kappa shape index (κ1) is 13.3. The Morgan fingerprint density at radius 2 is 2.22 bits per heavy atom. The summed E-state index contributed by atoms with van der Waals surface area (Å²) in [4.78, 5) is 3.55. The standard InChI is InChI=1S/C11H16F3N3O/c1-2-4-10(5-3-6-15-7-10)9-16-8(17-18-9)11(12,13)14/h15H,2-7H2,1H3. The molecule has 102 valence electrons. The number of nitrogens with one attached hydrogen (secondary N) is 1. The summed E-state index contributed by atoms with van der Waals surface area (Å²) in [5, 5.41) is 6.25. The molecule has 0 aromatic carbocycles. The first-order chi connectivity index (χ1) is 8.48. The molecular formula is C11H16F3N3O. The Hall–Kier alpha value is -1.11. The molecule has 7 heteroatoms. The predicted octanol–water partition coefficient (Wildman–Crippen LogP) is 2.51. The van der Waals surface area contributed by atoms with Gasteiger partial charge in [0.25, 0.3) is 5.82 Å². The third kappa shape index (κ3) is 2.50. The number of alkyl halides is 3. The Morgan fingerprint density at radius 1 is 1.44 bits per heavy atom. The van der Waals surface area contributed by atoms with Crippen LogP contribution in [0.15, 0.2) is 4.52 Å². The zero-order chi connectivity index (χ0) is 13.2. The maximum Gasteiger partial charge on any atom is 0.455 e. The van der Waals surface area contributed by atoms with Gasteiger partial charge in [-0.05, 0) is 25.8 Å². The maximum atomic E-state index is 12.5. The molecule has 1 N–H and O–H groups in total. The topological polar surface area (TPSA) is 51.0 Å². The van der Waals surface area contributed by atoms with Crippen molar-refractivity contribution in [2.45, 2.75) is 44.2 Å². The Bertz CT molecular complexity index is 391. The molecule has 1 atom stereocenters. The molecule has 1 aromatic rings. The van der Waals surface area contributed by atoms with Crippen molar-refractivity contribution in [3.63, 3.8) is 0 Å². The van der Waals surface area contributed by atoms with Crippen molar-refractivity contribution >= 4 is 0 Å². The molecule has 1 aliphatic rings. The molecule has 0 spiro atoms. The molecule has 2 heterocycles. The van der Waals surface area contributed by atoms with E-state index in [9.17, 15) is 13.2 Å². The fourth-order valence-electron chi connectivity index (χ4n) is 2.50. The Labute approximate surface area is 103 Å². The quantitative estimate of drug-likeness (QED) is 0.910. The van der Waals surface area contributed by atoms with Crippen LogP contribution in [0.4, 0.5) is 13.2 Å². The van der Waals surface area contributed by atoms with Crippen LogP contribution < -0.4 is 5.32 Å². The fourth-order valence-corrected chi connectivity index (χ4v) is 2.50. The van der Waals surface area contributed by atoms with Crippen molar-refractivity contribution in [1.82, 2.24) is 15.5 Å².